The second kappa shape index (κ2) is 7.04. The Labute approximate surface area is 140 Å². The SMILES string of the molecule is CC(C)Nc1nc(Nc2ccc(F)cc2)nc(-c2ccccc2)n1. The third kappa shape index (κ3) is 4.04. The normalized spacial score (nSPS) is 10.7. The molecule has 2 aromatic carbocycles. The molecular formula is C18H18FN5. The van der Waals surface area contributed by atoms with Crippen LogP contribution in [0.4, 0.5) is 22.0 Å². The van der Waals surface area contributed by atoms with Gasteiger partial charge < -0.3 is 10.6 Å². The van der Waals surface area contributed by atoms with E-state index in [0.29, 0.717) is 23.4 Å². The molecule has 0 amide bonds. The average Bonchev–Trinajstić information content (AvgIpc) is 2.57. The van der Waals surface area contributed by atoms with E-state index in [4.69, 9.17) is 0 Å². The van der Waals surface area contributed by atoms with Crippen molar-refractivity contribution in [2.75, 3.05) is 10.6 Å². The lowest BCUT2D eigenvalue weighted by Gasteiger charge is -2.12. The summed E-state index contributed by atoms with van der Waals surface area (Å²) >= 11 is 0. The Bertz CT molecular complexity index is 803. The summed E-state index contributed by atoms with van der Waals surface area (Å²) in [5.41, 5.74) is 1.60. The molecule has 2 N–H and O–H groups in total. The van der Waals surface area contributed by atoms with E-state index in [1.165, 1.54) is 12.1 Å². The van der Waals surface area contributed by atoms with Crippen molar-refractivity contribution in [2.45, 2.75) is 19.9 Å². The van der Waals surface area contributed by atoms with Crippen molar-refractivity contribution < 1.29 is 4.39 Å². The van der Waals surface area contributed by atoms with E-state index >= 15 is 0 Å². The van der Waals surface area contributed by atoms with Crippen molar-refractivity contribution in [3.63, 3.8) is 0 Å². The van der Waals surface area contributed by atoms with Gasteiger partial charge in [-0.1, -0.05) is 30.3 Å². The zero-order valence-corrected chi connectivity index (χ0v) is 13.5. The number of halogens is 1. The maximum Gasteiger partial charge on any atom is 0.232 e. The molecule has 1 aromatic heterocycles. The van der Waals surface area contributed by atoms with Crippen LogP contribution in [0.25, 0.3) is 11.4 Å². The molecule has 6 heteroatoms. The standard InChI is InChI=1S/C18H18FN5/c1-12(2)20-17-22-16(13-6-4-3-5-7-13)23-18(24-17)21-15-10-8-14(19)9-11-15/h3-12H,1-2H3,(H2,20,21,22,23,24). The topological polar surface area (TPSA) is 62.7 Å². The molecule has 0 unspecified atom stereocenters. The fraction of sp³-hybridized carbons (Fsp3) is 0.167. The van der Waals surface area contributed by atoms with Gasteiger partial charge in [0.2, 0.25) is 11.9 Å². The first kappa shape index (κ1) is 15.9. The van der Waals surface area contributed by atoms with Crippen molar-refractivity contribution in [1.29, 1.82) is 0 Å². The largest absolute Gasteiger partial charge is 0.352 e. The van der Waals surface area contributed by atoms with Gasteiger partial charge in [0.1, 0.15) is 5.82 Å². The van der Waals surface area contributed by atoms with Crippen molar-refractivity contribution in [1.82, 2.24) is 15.0 Å². The smallest absolute Gasteiger partial charge is 0.232 e. The van der Waals surface area contributed by atoms with E-state index in [-0.39, 0.29) is 11.9 Å². The van der Waals surface area contributed by atoms with Crippen molar-refractivity contribution in [2.24, 2.45) is 0 Å². The molecule has 5 nitrogen and oxygen atoms in total. The lowest BCUT2D eigenvalue weighted by Crippen LogP contribution is -2.14. The summed E-state index contributed by atoms with van der Waals surface area (Å²) in [6.07, 6.45) is 0. The van der Waals surface area contributed by atoms with Crippen LogP contribution in [-0.2, 0) is 0 Å². The molecule has 3 aromatic rings. The van der Waals surface area contributed by atoms with Gasteiger partial charge in [-0.25, -0.2) is 4.39 Å². The fourth-order valence-electron chi connectivity index (χ4n) is 2.13. The van der Waals surface area contributed by atoms with Gasteiger partial charge in [0, 0.05) is 17.3 Å². The molecule has 0 atom stereocenters. The summed E-state index contributed by atoms with van der Waals surface area (Å²) in [5.74, 6) is 1.17. The summed E-state index contributed by atoms with van der Waals surface area (Å²) in [6, 6.07) is 15.9. The zero-order valence-electron chi connectivity index (χ0n) is 13.5. The molecule has 122 valence electrons. The van der Waals surface area contributed by atoms with E-state index < -0.39 is 0 Å². The number of rotatable bonds is 5. The first-order valence-electron chi connectivity index (χ1n) is 7.71. The molecule has 0 saturated heterocycles. The van der Waals surface area contributed by atoms with Crippen LogP contribution in [0.1, 0.15) is 13.8 Å². The van der Waals surface area contributed by atoms with Crippen LogP contribution in [-0.4, -0.2) is 21.0 Å². The Balaban J connectivity index is 1.96. The van der Waals surface area contributed by atoms with E-state index in [1.807, 2.05) is 44.2 Å². The third-order valence-corrected chi connectivity index (χ3v) is 3.19. The van der Waals surface area contributed by atoms with E-state index in [9.17, 15) is 4.39 Å². The minimum Gasteiger partial charge on any atom is -0.352 e. The summed E-state index contributed by atoms with van der Waals surface area (Å²) in [7, 11) is 0. The highest BCUT2D eigenvalue weighted by Crippen LogP contribution is 2.20. The Morgan fingerprint density at radius 3 is 2.17 bits per heavy atom. The van der Waals surface area contributed by atoms with E-state index in [2.05, 4.69) is 25.6 Å². The highest BCUT2D eigenvalue weighted by atomic mass is 19.1. The van der Waals surface area contributed by atoms with Crippen LogP contribution in [0.3, 0.4) is 0 Å². The molecule has 0 aliphatic carbocycles. The van der Waals surface area contributed by atoms with Gasteiger partial charge in [0.05, 0.1) is 0 Å². The van der Waals surface area contributed by atoms with Crippen LogP contribution < -0.4 is 10.6 Å². The molecule has 24 heavy (non-hydrogen) atoms. The minimum absolute atomic E-state index is 0.190. The monoisotopic (exact) mass is 323 g/mol. The van der Waals surface area contributed by atoms with Crippen molar-refractivity contribution in [3.05, 3.63) is 60.4 Å². The van der Waals surface area contributed by atoms with Crippen LogP contribution in [0.5, 0.6) is 0 Å². The van der Waals surface area contributed by atoms with Gasteiger partial charge in [-0.2, -0.15) is 15.0 Å². The first-order chi connectivity index (χ1) is 11.6. The minimum atomic E-state index is -0.289. The molecule has 0 spiro atoms. The van der Waals surface area contributed by atoms with Gasteiger partial charge in [-0.15, -0.1) is 0 Å². The zero-order chi connectivity index (χ0) is 16.9. The van der Waals surface area contributed by atoms with Gasteiger partial charge in [-0.3, -0.25) is 0 Å². The van der Waals surface area contributed by atoms with Crippen LogP contribution in [0.15, 0.2) is 54.6 Å². The summed E-state index contributed by atoms with van der Waals surface area (Å²) in [6.45, 7) is 4.03. The number of aromatic nitrogens is 3. The number of hydrogen-bond donors (Lipinski definition) is 2. The summed E-state index contributed by atoms with van der Waals surface area (Å²) in [4.78, 5) is 13.3. The summed E-state index contributed by atoms with van der Waals surface area (Å²) < 4.78 is 13.0. The third-order valence-electron chi connectivity index (χ3n) is 3.19. The predicted molar refractivity (Wildman–Crippen MR) is 93.7 cm³/mol. The highest BCUT2D eigenvalue weighted by molar-refractivity contribution is 5.60. The van der Waals surface area contributed by atoms with Crippen LogP contribution in [0, 0.1) is 5.82 Å². The maximum atomic E-state index is 13.0. The molecule has 0 bridgehead atoms. The Hall–Kier alpha value is -3.02. The Kier molecular flexibility index (Phi) is 4.65. The first-order valence-corrected chi connectivity index (χ1v) is 7.71. The second-order valence-corrected chi connectivity index (χ2v) is 5.60. The molecule has 0 aliphatic rings. The maximum absolute atomic E-state index is 13.0. The van der Waals surface area contributed by atoms with E-state index in [0.717, 1.165) is 5.56 Å². The summed E-state index contributed by atoms with van der Waals surface area (Å²) in [5, 5.41) is 6.27. The fourth-order valence-corrected chi connectivity index (χ4v) is 2.13. The highest BCUT2D eigenvalue weighted by Gasteiger charge is 2.09. The second-order valence-electron chi connectivity index (χ2n) is 5.60. The van der Waals surface area contributed by atoms with E-state index in [1.54, 1.807) is 12.1 Å². The number of nitrogens with zero attached hydrogens (tertiary/aromatic N) is 3. The lowest BCUT2D eigenvalue weighted by molar-refractivity contribution is 0.628. The molecule has 1 heterocycles. The van der Waals surface area contributed by atoms with Gasteiger partial charge >= 0.3 is 0 Å². The number of nitrogens with one attached hydrogen (secondary N) is 2. The number of benzene rings is 2. The Morgan fingerprint density at radius 1 is 0.833 bits per heavy atom. The molecule has 0 radical (unpaired) electrons. The van der Waals surface area contributed by atoms with Crippen LogP contribution >= 0.6 is 0 Å². The van der Waals surface area contributed by atoms with Gasteiger partial charge in [-0.05, 0) is 38.1 Å². The van der Waals surface area contributed by atoms with Crippen molar-refractivity contribution in [3.8, 4) is 11.4 Å². The molecule has 0 aliphatic heterocycles. The average molecular weight is 323 g/mol. The number of anilines is 3. The molecule has 0 fully saturated rings. The van der Waals surface area contributed by atoms with Crippen LogP contribution in [0.2, 0.25) is 0 Å². The molecular weight excluding hydrogens is 305 g/mol. The number of hydrogen-bond acceptors (Lipinski definition) is 5. The molecule has 3 rings (SSSR count). The Morgan fingerprint density at radius 2 is 1.50 bits per heavy atom. The predicted octanol–water partition coefficient (Wildman–Crippen LogP) is 4.24. The quantitative estimate of drug-likeness (QED) is 0.735. The van der Waals surface area contributed by atoms with Gasteiger partial charge in [0.15, 0.2) is 5.82 Å². The molecule has 0 saturated carbocycles. The lowest BCUT2D eigenvalue weighted by atomic mass is 10.2. The van der Waals surface area contributed by atoms with Gasteiger partial charge in [0.25, 0.3) is 0 Å². The van der Waals surface area contributed by atoms with Crippen molar-refractivity contribution >= 4 is 17.6 Å².